The number of carbonyl (C=O) groups is 1. The SMILES string of the molecule is COC1=CC(c2ccc[nH]2)=NC1=Cc1ccc(CCCCCC(=O)N2CCOCC2)[nH]1. The highest BCUT2D eigenvalue weighted by molar-refractivity contribution is 6.11. The molecule has 2 N–H and O–H groups in total. The minimum absolute atomic E-state index is 0.259. The predicted molar refractivity (Wildman–Crippen MR) is 121 cm³/mol. The van der Waals surface area contributed by atoms with Crippen LogP contribution in [-0.4, -0.2) is 59.9 Å². The van der Waals surface area contributed by atoms with Crippen LogP contribution in [0.5, 0.6) is 0 Å². The number of hydrogen-bond acceptors (Lipinski definition) is 4. The monoisotopic (exact) mass is 422 g/mol. The van der Waals surface area contributed by atoms with Gasteiger partial charge in [0.2, 0.25) is 5.91 Å². The number of rotatable bonds is 9. The highest BCUT2D eigenvalue weighted by Crippen LogP contribution is 2.24. The number of amides is 1. The smallest absolute Gasteiger partial charge is 0.222 e. The first-order chi connectivity index (χ1) is 15.2. The average molecular weight is 423 g/mol. The van der Waals surface area contributed by atoms with Crippen LogP contribution in [0.15, 0.2) is 53.0 Å². The van der Waals surface area contributed by atoms with Crippen molar-refractivity contribution in [3.8, 4) is 0 Å². The first-order valence-electron chi connectivity index (χ1n) is 11.0. The summed E-state index contributed by atoms with van der Waals surface area (Å²) >= 11 is 0. The maximum absolute atomic E-state index is 12.2. The van der Waals surface area contributed by atoms with Crippen molar-refractivity contribution in [2.45, 2.75) is 32.1 Å². The Balaban J connectivity index is 1.25. The fraction of sp³-hybridized carbons (Fsp3) is 0.417. The van der Waals surface area contributed by atoms with Crippen LogP contribution in [0.2, 0.25) is 0 Å². The minimum atomic E-state index is 0.259. The van der Waals surface area contributed by atoms with Gasteiger partial charge in [0.05, 0.1) is 31.7 Å². The lowest BCUT2D eigenvalue weighted by molar-refractivity contribution is -0.135. The van der Waals surface area contributed by atoms with E-state index >= 15 is 0 Å². The van der Waals surface area contributed by atoms with E-state index in [2.05, 4.69) is 22.1 Å². The lowest BCUT2D eigenvalue weighted by Crippen LogP contribution is -2.40. The summed E-state index contributed by atoms with van der Waals surface area (Å²) in [4.78, 5) is 25.4. The number of carbonyl (C=O) groups excluding carboxylic acids is 1. The van der Waals surface area contributed by atoms with Crippen LogP contribution in [0.1, 0.15) is 42.8 Å². The second kappa shape index (κ2) is 10.3. The van der Waals surface area contributed by atoms with E-state index in [0.29, 0.717) is 19.6 Å². The van der Waals surface area contributed by atoms with Crippen LogP contribution in [0, 0.1) is 0 Å². The molecule has 2 aliphatic heterocycles. The number of unbranched alkanes of at least 4 members (excludes halogenated alkanes) is 2. The maximum atomic E-state index is 12.2. The number of H-pyrrole nitrogens is 2. The normalized spacial score (nSPS) is 17.7. The lowest BCUT2D eigenvalue weighted by Gasteiger charge is -2.26. The van der Waals surface area contributed by atoms with Crippen molar-refractivity contribution < 1.29 is 14.3 Å². The number of allylic oxidation sites excluding steroid dienone is 1. The summed E-state index contributed by atoms with van der Waals surface area (Å²) in [5.41, 5.74) is 4.85. The van der Waals surface area contributed by atoms with Crippen LogP contribution in [0.3, 0.4) is 0 Å². The second-order valence-electron chi connectivity index (χ2n) is 7.82. The number of methoxy groups -OCH3 is 1. The summed E-state index contributed by atoms with van der Waals surface area (Å²) in [5, 5.41) is 0. The van der Waals surface area contributed by atoms with Crippen LogP contribution in [0.4, 0.5) is 0 Å². The third-order valence-corrected chi connectivity index (χ3v) is 5.62. The first-order valence-corrected chi connectivity index (χ1v) is 11.0. The highest BCUT2D eigenvalue weighted by Gasteiger charge is 2.17. The summed E-state index contributed by atoms with van der Waals surface area (Å²) in [6, 6.07) is 8.13. The zero-order valence-corrected chi connectivity index (χ0v) is 18.0. The first kappa shape index (κ1) is 21.2. The molecule has 2 aliphatic rings. The van der Waals surface area contributed by atoms with Crippen molar-refractivity contribution in [2.24, 2.45) is 4.99 Å². The van der Waals surface area contributed by atoms with Gasteiger partial charge in [-0.3, -0.25) is 4.79 Å². The summed E-state index contributed by atoms with van der Waals surface area (Å²) in [6.45, 7) is 2.79. The quantitative estimate of drug-likeness (QED) is 0.605. The van der Waals surface area contributed by atoms with Gasteiger partial charge in [0, 0.05) is 43.2 Å². The fourth-order valence-electron chi connectivity index (χ4n) is 3.89. The van der Waals surface area contributed by atoms with Crippen molar-refractivity contribution in [1.82, 2.24) is 14.9 Å². The van der Waals surface area contributed by atoms with Crippen molar-refractivity contribution in [3.05, 3.63) is 65.1 Å². The van der Waals surface area contributed by atoms with Crippen molar-refractivity contribution >= 4 is 17.7 Å². The number of aliphatic imine (C=N–C) groups is 1. The van der Waals surface area contributed by atoms with Gasteiger partial charge in [-0.25, -0.2) is 4.99 Å². The van der Waals surface area contributed by atoms with Crippen LogP contribution in [-0.2, 0) is 20.7 Å². The van der Waals surface area contributed by atoms with Crippen LogP contribution < -0.4 is 0 Å². The molecule has 1 amide bonds. The molecule has 1 fully saturated rings. The Kier molecular flexibility index (Phi) is 7.04. The van der Waals surface area contributed by atoms with E-state index in [0.717, 1.165) is 67.3 Å². The molecule has 2 aromatic heterocycles. The number of aromatic nitrogens is 2. The van der Waals surface area contributed by atoms with Crippen LogP contribution in [0.25, 0.3) is 6.08 Å². The van der Waals surface area contributed by atoms with Gasteiger partial charge < -0.3 is 24.3 Å². The van der Waals surface area contributed by atoms with E-state index in [1.165, 1.54) is 5.69 Å². The third kappa shape index (κ3) is 5.55. The number of nitrogens with one attached hydrogen (secondary N) is 2. The molecule has 164 valence electrons. The zero-order valence-electron chi connectivity index (χ0n) is 18.0. The van der Waals surface area contributed by atoms with Gasteiger partial charge in [0.1, 0.15) is 11.5 Å². The van der Waals surface area contributed by atoms with E-state index in [4.69, 9.17) is 14.5 Å². The Morgan fingerprint density at radius 1 is 1.23 bits per heavy atom. The Bertz CT molecular complexity index is 963. The minimum Gasteiger partial charge on any atom is -0.494 e. The molecule has 4 heterocycles. The molecular formula is C24H30N4O3. The molecule has 0 aliphatic carbocycles. The summed E-state index contributed by atoms with van der Waals surface area (Å²) in [7, 11) is 1.66. The number of aryl methyl sites for hydroxylation is 1. The highest BCUT2D eigenvalue weighted by atomic mass is 16.5. The number of aromatic amines is 2. The molecule has 0 unspecified atom stereocenters. The number of morpholine rings is 1. The second-order valence-corrected chi connectivity index (χ2v) is 7.82. The largest absolute Gasteiger partial charge is 0.494 e. The lowest BCUT2D eigenvalue weighted by atomic mass is 10.1. The number of nitrogens with zero attached hydrogens (tertiary/aromatic N) is 2. The van der Waals surface area contributed by atoms with Crippen molar-refractivity contribution in [1.29, 1.82) is 0 Å². The van der Waals surface area contributed by atoms with Gasteiger partial charge in [0.15, 0.2) is 0 Å². The third-order valence-electron chi connectivity index (χ3n) is 5.62. The molecule has 0 aromatic carbocycles. The van der Waals surface area contributed by atoms with E-state index in [1.54, 1.807) is 7.11 Å². The number of hydrogen-bond donors (Lipinski definition) is 2. The summed E-state index contributed by atoms with van der Waals surface area (Å²) in [5.74, 6) is 1.01. The molecule has 0 bridgehead atoms. The van der Waals surface area contributed by atoms with Crippen LogP contribution >= 0.6 is 0 Å². The molecule has 1 saturated heterocycles. The summed E-state index contributed by atoms with van der Waals surface area (Å²) in [6.07, 6.45) is 10.5. The molecule has 0 spiro atoms. The van der Waals surface area contributed by atoms with Gasteiger partial charge >= 0.3 is 0 Å². The molecule has 31 heavy (non-hydrogen) atoms. The van der Waals surface area contributed by atoms with Gasteiger partial charge in [-0.15, -0.1) is 0 Å². The zero-order chi connectivity index (χ0) is 21.5. The molecule has 2 aromatic rings. The molecule has 7 heteroatoms. The topological polar surface area (TPSA) is 82.7 Å². The van der Waals surface area contributed by atoms with E-state index in [-0.39, 0.29) is 5.91 Å². The Morgan fingerprint density at radius 2 is 2.10 bits per heavy atom. The van der Waals surface area contributed by atoms with Gasteiger partial charge in [0.25, 0.3) is 0 Å². The molecule has 7 nitrogen and oxygen atoms in total. The van der Waals surface area contributed by atoms with Crippen molar-refractivity contribution in [3.63, 3.8) is 0 Å². The molecule has 0 radical (unpaired) electrons. The van der Waals surface area contributed by atoms with Gasteiger partial charge in [-0.2, -0.15) is 0 Å². The van der Waals surface area contributed by atoms with E-state index < -0.39 is 0 Å². The number of ether oxygens (including phenoxy) is 2. The van der Waals surface area contributed by atoms with Gasteiger partial charge in [-0.1, -0.05) is 6.42 Å². The summed E-state index contributed by atoms with van der Waals surface area (Å²) < 4.78 is 10.8. The van der Waals surface area contributed by atoms with E-state index in [9.17, 15) is 4.79 Å². The standard InChI is InChI=1S/C24H30N4O3/c1-30-23-17-21(20-7-5-11-25-20)27-22(23)16-19-10-9-18(26-19)6-3-2-4-8-24(29)28-12-14-31-15-13-28/h5,7,9-11,16-17,25-26H,2-4,6,8,12-15H2,1H3. The fourth-order valence-corrected chi connectivity index (χ4v) is 3.89. The molecule has 0 atom stereocenters. The van der Waals surface area contributed by atoms with Gasteiger partial charge in [-0.05, 0) is 49.6 Å². The Labute approximate surface area is 182 Å². The molecule has 0 saturated carbocycles. The van der Waals surface area contributed by atoms with E-state index in [1.807, 2.05) is 35.4 Å². The Hall–Kier alpha value is -3.06. The molecular weight excluding hydrogens is 392 g/mol. The maximum Gasteiger partial charge on any atom is 0.222 e. The average Bonchev–Trinajstić information content (AvgIpc) is 3.55. The predicted octanol–water partition coefficient (Wildman–Crippen LogP) is 3.68. The van der Waals surface area contributed by atoms with Crippen molar-refractivity contribution in [2.75, 3.05) is 33.4 Å². The molecule has 4 rings (SSSR count). The Morgan fingerprint density at radius 3 is 2.87 bits per heavy atom.